The van der Waals surface area contributed by atoms with E-state index < -0.39 is 6.04 Å². The van der Waals surface area contributed by atoms with Crippen LogP contribution in [0, 0.1) is 11.3 Å². The van der Waals surface area contributed by atoms with Gasteiger partial charge in [-0.2, -0.15) is 5.26 Å². The van der Waals surface area contributed by atoms with Crippen molar-refractivity contribution in [2.45, 2.75) is 6.04 Å². The van der Waals surface area contributed by atoms with Gasteiger partial charge in [0.05, 0.1) is 11.1 Å². The van der Waals surface area contributed by atoms with Crippen LogP contribution in [0.5, 0.6) is 0 Å². The Balaban J connectivity index is 2.22. The fraction of sp³-hybridized carbons (Fsp3) is 0.0714. The van der Waals surface area contributed by atoms with Gasteiger partial charge in [-0.05, 0) is 51.8 Å². The minimum Gasteiger partial charge on any atom is -0.366 e. The number of nitrogens with one attached hydrogen (secondary N) is 1. The molecule has 1 N–H and O–H groups in total. The van der Waals surface area contributed by atoms with Gasteiger partial charge in [0.25, 0.3) is 0 Å². The summed E-state index contributed by atoms with van der Waals surface area (Å²) >= 11 is 15.1. The van der Waals surface area contributed by atoms with Gasteiger partial charge in [-0.25, -0.2) is 0 Å². The van der Waals surface area contributed by atoms with Crippen LogP contribution in [0.1, 0.15) is 11.6 Å². The molecule has 0 aromatic heterocycles. The van der Waals surface area contributed by atoms with Crippen LogP contribution in [-0.4, -0.2) is 0 Å². The van der Waals surface area contributed by atoms with E-state index >= 15 is 0 Å². The van der Waals surface area contributed by atoms with E-state index in [9.17, 15) is 5.26 Å². The van der Waals surface area contributed by atoms with E-state index in [1.165, 1.54) is 0 Å². The zero-order chi connectivity index (χ0) is 13.8. The molecular formula is C14H9BrCl2N2. The van der Waals surface area contributed by atoms with Crippen molar-refractivity contribution in [1.82, 2.24) is 0 Å². The van der Waals surface area contributed by atoms with E-state index in [-0.39, 0.29) is 0 Å². The lowest BCUT2D eigenvalue weighted by Gasteiger charge is -2.14. The van der Waals surface area contributed by atoms with E-state index in [1.54, 1.807) is 18.2 Å². The van der Waals surface area contributed by atoms with Crippen LogP contribution in [0.4, 0.5) is 5.69 Å². The van der Waals surface area contributed by atoms with E-state index in [0.29, 0.717) is 10.0 Å². The van der Waals surface area contributed by atoms with Crippen LogP contribution in [0.25, 0.3) is 0 Å². The lowest BCUT2D eigenvalue weighted by Crippen LogP contribution is -2.08. The predicted molar refractivity (Wildman–Crippen MR) is 82.6 cm³/mol. The first kappa shape index (κ1) is 14.2. The molecule has 96 valence electrons. The Hall–Kier alpha value is -1.21. The van der Waals surface area contributed by atoms with Gasteiger partial charge in [0.15, 0.2) is 0 Å². The summed E-state index contributed by atoms with van der Waals surface area (Å²) in [7, 11) is 0. The maximum Gasteiger partial charge on any atom is 0.140 e. The summed E-state index contributed by atoms with van der Waals surface area (Å²) < 4.78 is 0.784. The molecule has 1 unspecified atom stereocenters. The normalized spacial score (nSPS) is 11.7. The van der Waals surface area contributed by atoms with Gasteiger partial charge >= 0.3 is 0 Å². The Morgan fingerprint density at radius 2 is 1.79 bits per heavy atom. The molecule has 0 aliphatic carbocycles. The van der Waals surface area contributed by atoms with Crippen molar-refractivity contribution in [2.24, 2.45) is 0 Å². The molecule has 0 saturated carbocycles. The van der Waals surface area contributed by atoms with Crippen LogP contribution in [0.15, 0.2) is 46.9 Å². The fourth-order valence-corrected chi connectivity index (χ4v) is 2.22. The number of nitrogens with zero attached hydrogens (tertiary/aromatic N) is 1. The highest BCUT2D eigenvalue weighted by Crippen LogP contribution is 2.28. The summed E-state index contributed by atoms with van der Waals surface area (Å²) in [6.07, 6.45) is 0. The van der Waals surface area contributed by atoms with Gasteiger partial charge in [0, 0.05) is 15.2 Å². The average molecular weight is 356 g/mol. The SMILES string of the molecule is N#CC(Nc1ccc(Cl)c(Br)c1)c1ccc(Cl)cc1. The molecule has 1 atom stereocenters. The summed E-state index contributed by atoms with van der Waals surface area (Å²) in [6.45, 7) is 0. The Kier molecular flexibility index (Phi) is 4.71. The van der Waals surface area contributed by atoms with Gasteiger partial charge in [-0.3, -0.25) is 0 Å². The summed E-state index contributed by atoms with van der Waals surface area (Å²) in [6, 6.07) is 14.4. The molecule has 0 fully saturated rings. The minimum absolute atomic E-state index is 0.439. The number of nitriles is 1. The van der Waals surface area contributed by atoms with Gasteiger partial charge in [0.1, 0.15) is 6.04 Å². The molecule has 2 aromatic rings. The number of hydrogen-bond donors (Lipinski definition) is 1. The summed E-state index contributed by atoms with van der Waals surface area (Å²) in [4.78, 5) is 0. The third-order valence-electron chi connectivity index (χ3n) is 2.56. The second kappa shape index (κ2) is 6.29. The van der Waals surface area contributed by atoms with Crippen molar-refractivity contribution in [1.29, 1.82) is 5.26 Å². The monoisotopic (exact) mass is 354 g/mol. The molecule has 0 heterocycles. The summed E-state index contributed by atoms with van der Waals surface area (Å²) in [5.41, 5.74) is 1.68. The van der Waals surface area contributed by atoms with Gasteiger partial charge in [-0.15, -0.1) is 0 Å². The molecule has 0 bridgehead atoms. The Bertz CT molecular complexity index is 620. The number of hydrogen-bond acceptors (Lipinski definition) is 2. The third kappa shape index (κ3) is 3.63. The number of benzene rings is 2. The van der Waals surface area contributed by atoms with E-state index in [2.05, 4.69) is 27.3 Å². The number of anilines is 1. The highest BCUT2D eigenvalue weighted by atomic mass is 79.9. The van der Waals surface area contributed by atoms with Gasteiger partial charge < -0.3 is 5.32 Å². The first-order valence-corrected chi connectivity index (χ1v) is 7.01. The summed E-state index contributed by atoms with van der Waals surface area (Å²) in [5, 5.41) is 13.7. The second-order valence-corrected chi connectivity index (χ2v) is 5.58. The molecule has 5 heteroatoms. The van der Waals surface area contributed by atoms with Crippen LogP contribution in [0.3, 0.4) is 0 Å². The molecule has 19 heavy (non-hydrogen) atoms. The molecular weight excluding hydrogens is 347 g/mol. The van der Waals surface area contributed by atoms with Crippen molar-refractivity contribution < 1.29 is 0 Å². The Morgan fingerprint density at radius 1 is 1.11 bits per heavy atom. The summed E-state index contributed by atoms with van der Waals surface area (Å²) in [5.74, 6) is 0. The molecule has 0 amide bonds. The first-order chi connectivity index (χ1) is 9.10. The molecule has 2 aromatic carbocycles. The zero-order valence-corrected chi connectivity index (χ0v) is 12.8. The Morgan fingerprint density at radius 3 is 2.37 bits per heavy atom. The second-order valence-electron chi connectivity index (χ2n) is 3.89. The topological polar surface area (TPSA) is 35.8 Å². The smallest absolute Gasteiger partial charge is 0.140 e. The lowest BCUT2D eigenvalue weighted by molar-refractivity contribution is 0.997. The van der Waals surface area contributed by atoms with Crippen LogP contribution in [-0.2, 0) is 0 Å². The highest BCUT2D eigenvalue weighted by Gasteiger charge is 2.10. The van der Waals surface area contributed by atoms with Crippen LogP contribution < -0.4 is 5.32 Å². The van der Waals surface area contributed by atoms with E-state index in [4.69, 9.17) is 23.2 Å². The Labute approximate surface area is 130 Å². The average Bonchev–Trinajstić information content (AvgIpc) is 2.41. The van der Waals surface area contributed by atoms with Crippen LogP contribution in [0.2, 0.25) is 10.0 Å². The largest absolute Gasteiger partial charge is 0.366 e. The zero-order valence-electron chi connectivity index (χ0n) is 9.70. The van der Waals surface area contributed by atoms with E-state index in [0.717, 1.165) is 15.7 Å². The maximum atomic E-state index is 9.25. The molecule has 0 radical (unpaired) electrons. The molecule has 0 aliphatic heterocycles. The molecule has 0 spiro atoms. The lowest BCUT2D eigenvalue weighted by atomic mass is 10.1. The highest BCUT2D eigenvalue weighted by molar-refractivity contribution is 9.10. The standard InChI is InChI=1S/C14H9BrCl2N2/c15-12-7-11(5-6-13(12)17)19-14(8-18)9-1-3-10(16)4-2-9/h1-7,14,19H. The predicted octanol–water partition coefficient (Wildman–Crippen LogP) is 5.43. The van der Waals surface area contributed by atoms with Gasteiger partial charge in [0.2, 0.25) is 0 Å². The molecule has 0 saturated heterocycles. The van der Waals surface area contributed by atoms with Crippen LogP contribution >= 0.6 is 39.1 Å². The fourth-order valence-electron chi connectivity index (χ4n) is 1.60. The molecule has 0 aliphatic rings. The van der Waals surface area contributed by atoms with Crippen molar-refractivity contribution in [3.05, 3.63) is 62.5 Å². The molecule has 2 rings (SSSR count). The van der Waals surface area contributed by atoms with Crippen molar-refractivity contribution in [2.75, 3.05) is 5.32 Å². The number of halogens is 3. The van der Waals surface area contributed by atoms with Crippen molar-refractivity contribution >= 4 is 44.8 Å². The third-order valence-corrected chi connectivity index (χ3v) is 4.03. The van der Waals surface area contributed by atoms with E-state index in [1.807, 2.05) is 24.3 Å². The van der Waals surface area contributed by atoms with Gasteiger partial charge in [-0.1, -0.05) is 35.3 Å². The number of rotatable bonds is 3. The maximum absolute atomic E-state index is 9.25. The first-order valence-electron chi connectivity index (χ1n) is 5.47. The quantitative estimate of drug-likeness (QED) is 0.796. The molecule has 2 nitrogen and oxygen atoms in total. The van der Waals surface area contributed by atoms with Crippen molar-refractivity contribution in [3.8, 4) is 6.07 Å². The van der Waals surface area contributed by atoms with Crippen molar-refractivity contribution in [3.63, 3.8) is 0 Å². The minimum atomic E-state index is -0.439.